The standard InChI is InChI=1S/C29H36N2O2/c1-22(2)33-28-17-11-16-27(32-4)25(28)20-31-19-18-30(3)26(21-31)29(23-12-7-5-8-13-23)24-14-9-6-10-15-24/h5-17,22,26,29H,18-21H2,1-4H3. The monoisotopic (exact) mass is 444 g/mol. The first-order valence-electron chi connectivity index (χ1n) is 11.9. The number of hydrogen-bond donors (Lipinski definition) is 0. The van der Waals surface area contributed by atoms with Crippen LogP contribution in [0.4, 0.5) is 0 Å². The molecule has 0 saturated carbocycles. The third-order valence-corrected chi connectivity index (χ3v) is 6.54. The van der Waals surface area contributed by atoms with E-state index < -0.39 is 0 Å². The van der Waals surface area contributed by atoms with Gasteiger partial charge in [-0.25, -0.2) is 0 Å². The topological polar surface area (TPSA) is 24.9 Å². The van der Waals surface area contributed by atoms with Gasteiger partial charge in [0.25, 0.3) is 0 Å². The Morgan fingerprint density at radius 1 is 0.818 bits per heavy atom. The highest BCUT2D eigenvalue weighted by Gasteiger charge is 2.33. The van der Waals surface area contributed by atoms with Crippen LogP contribution in [0.25, 0.3) is 0 Å². The van der Waals surface area contributed by atoms with Crippen molar-refractivity contribution in [3.8, 4) is 11.5 Å². The number of benzene rings is 3. The van der Waals surface area contributed by atoms with Gasteiger partial charge in [0.1, 0.15) is 11.5 Å². The van der Waals surface area contributed by atoms with Crippen molar-refractivity contribution in [3.63, 3.8) is 0 Å². The van der Waals surface area contributed by atoms with Crippen LogP contribution in [-0.2, 0) is 6.54 Å². The first kappa shape index (κ1) is 23.3. The Labute approximate surface area is 198 Å². The van der Waals surface area contributed by atoms with Crippen molar-refractivity contribution in [2.24, 2.45) is 0 Å². The zero-order valence-corrected chi connectivity index (χ0v) is 20.3. The molecular formula is C29H36N2O2. The summed E-state index contributed by atoms with van der Waals surface area (Å²) >= 11 is 0. The molecule has 3 aromatic rings. The minimum absolute atomic E-state index is 0.122. The Hall–Kier alpha value is -2.82. The quantitative estimate of drug-likeness (QED) is 0.462. The van der Waals surface area contributed by atoms with Crippen LogP contribution in [0, 0.1) is 0 Å². The molecule has 4 nitrogen and oxygen atoms in total. The van der Waals surface area contributed by atoms with Gasteiger partial charge in [0.2, 0.25) is 0 Å². The predicted octanol–water partition coefficient (Wildman–Crippen LogP) is 5.43. The van der Waals surface area contributed by atoms with E-state index >= 15 is 0 Å². The Bertz CT molecular complexity index is 967. The molecule has 4 heteroatoms. The molecule has 0 radical (unpaired) electrons. The Morgan fingerprint density at radius 2 is 1.42 bits per heavy atom. The van der Waals surface area contributed by atoms with E-state index in [2.05, 4.69) is 97.4 Å². The normalized spacial score (nSPS) is 17.5. The average Bonchev–Trinajstić information content (AvgIpc) is 2.83. The summed E-state index contributed by atoms with van der Waals surface area (Å²) in [6.45, 7) is 7.97. The molecule has 0 N–H and O–H groups in total. The lowest BCUT2D eigenvalue weighted by molar-refractivity contribution is 0.0800. The van der Waals surface area contributed by atoms with E-state index in [-0.39, 0.29) is 6.10 Å². The van der Waals surface area contributed by atoms with Gasteiger partial charge in [-0.15, -0.1) is 0 Å². The third-order valence-electron chi connectivity index (χ3n) is 6.54. The molecule has 0 spiro atoms. The largest absolute Gasteiger partial charge is 0.496 e. The Balaban J connectivity index is 1.63. The maximum atomic E-state index is 6.15. The summed E-state index contributed by atoms with van der Waals surface area (Å²) in [6.07, 6.45) is 0.122. The van der Waals surface area contributed by atoms with Crippen LogP contribution in [0.1, 0.15) is 36.5 Å². The lowest BCUT2D eigenvalue weighted by Crippen LogP contribution is -2.53. The highest BCUT2D eigenvalue weighted by molar-refractivity contribution is 5.45. The van der Waals surface area contributed by atoms with Crippen LogP contribution in [0.5, 0.6) is 11.5 Å². The van der Waals surface area contributed by atoms with Crippen LogP contribution < -0.4 is 9.47 Å². The zero-order chi connectivity index (χ0) is 23.2. The highest BCUT2D eigenvalue weighted by Crippen LogP contribution is 2.35. The molecule has 33 heavy (non-hydrogen) atoms. The molecule has 4 rings (SSSR count). The third kappa shape index (κ3) is 5.58. The van der Waals surface area contributed by atoms with Crippen molar-refractivity contribution >= 4 is 0 Å². The summed E-state index contributed by atoms with van der Waals surface area (Å²) in [7, 11) is 4.00. The second kappa shape index (κ2) is 10.9. The molecule has 0 aliphatic carbocycles. The lowest BCUT2D eigenvalue weighted by Gasteiger charge is -2.44. The number of methoxy groups -OCH3 is 1. The van der Waals surface area contributed by atoms with Crippen molar-refractivity contribution in [2.75, 3.05) is 33.8 Å². The highest BCUT2D eigenvalue weighted by atomic mass is 16.5. The second-order valence-corrected chi connectivity index (χ2v) is 9.19. The maximum absolute atomic E-state index is 6.15. The maximum Gasteiger partial charge on any atom is 0.127 e. The molecule has 1 atom stereocenters. The molecule has 0 amide bonds. The van der Waals surface area contributed by atoms with Crippen LogP contribution in [0.15, 0.2) is 78.9 Å². The van der Waals surface area contributed by atoms with Gasteiger partial charge < -0.3 is 9.47 Å². The van der Waals surface area contributed by atoms with Gasteiger partial charge >= 0.3 is 0 Å². The van der Waals surface area contributed by atoms with E-state index in [1.54, 1.807) is 7.11 Å². The number of ether oxygens (including phenoxy) is 2. The summed E-state index contributed by atoms with van der Waals surface area (Å²) in [4.78, 5) is 5.07. The fraction of sp³-hybridized carbons (Fsp3) is 0.379. The van der Waals surface area contributed by atoms with E-state index in [4.69, 9.17) is 9.47 Å². The van der Waals surface area contributed by atoms with Crippen LogP contribution in [0.2, 0.25) is 0 Å². The van der Waals surface area contributed by atoms with Crippen LogP contribution >= 0.6 is 0 Å². The number of piperazine rings is 1. The number of likely N-dealkylation sites (N-methyl/N-ethyl adjacent to an activating group) is 1. The molecular weight excluding hydrogens is 408 g/mol. The van der Waals surface area contributed by atoms with Crippen LogP contribution in [0.3, 0.4) is 0 Å². The van der Waals surface area contributed by atoms with E-state index in [1.807, 2.05) is 12.1 Å². The molecule has 1 saturated heterocycles. The van der Waals surface area contributed by atoms with Gasteiger partial charge in [-0.2, -0.15) is 0 Å². The first-order valence-corrected chi connectivity index (χ1v) is 11.9. The Morgan fingerprint density at radius 3 is 2.00 bits per heavy atom. The summed E-state index contributed by atoms with van der Waals surface area (Å²) in [5.74, 6) is 2.12. The van der Waals surface area contributed by atoms with Gasteiger partial charge in [-0.1, -0.05) is 66.7 Å². The van der Waals surface area contributed by atoms with Crippen molar-refractivity contribution in [1.82, 2.24) is 9.80 Å². The zero-order valence-electron chi connectivity index (χ0n) is 20.3. The molecule has 0 bridgehead atoms. The molecule has 1 unspecified atom stereocenters. The van der Waals surface area contributed by atoms with E-state index in [0.29, 0.717) is 12.0 Å². The van der Waals surface area contributed by atoms with Gasteiger partial charge in [0.05, 0.1) is 18.8 Å². The second-order valence-electron chi connectivity index (χ2n) is 9.19. The van der Waals surface area contributed by atoms with E-state index in [0.717, 1.165) is 43.2 Å². The average molecular weight is 445 g/mol. The van der Waals surface area contributed by atoms with Crippen LogP contribution in [-0.4, -0.2) is 55.7 Å². The van der Waals surface area contributed by atoms with Crippen molar-refractivity contribution in [3.05, 3.63) is 95.6 Å². The number of hydrogen-bond acceptors (Lipinski definition) is 4. The summed E-state index contributed by atoms with van der Waals surface area (Å²) in [6, 6.07) is 28.3. The van der Waals surface area contributed by atoms with Gasteiger partial charge in [-0.3, -0.25) is 9.80 Å². The summed E-state index contributed by atoms with van der Waals surface area (Å²) < 4.78 is 11.9. The fourth-order valence-electron chi connectivity index (χ4n) is 4.90. The van der Waals surface area contributed by atoms with Crippen molar-refractivity contribution < 1.29 is 9.47 Å². The first-order chi connectivity index (χ1) is 16.1. The smallest absolute Gasteiger partial charge is 0.127 e. The predicted molar refractivity (Wildman–Crippen MR) is 135 cm³/mol. The molecule has 3 aromatic carbocycles. The fourth-order valence-corrected chi connectivity index (χ4v) is 4.90. The van der Waals surface area contributed by atoms with Crippen molar-refractivity contribution in [1.29, 1.82) is 0 Å². The molecule has 1 aliphatic heterocycles. The molecule has 0 aromatic heterocycles. The number of rotatable bonds is 8. The summed E-state index contributed by atoms with van der Waals surface area (Å²) in [5, 5.41) is 0. The van der Waals surface area contributed by atoms with Gasteiger partial charge in [0, 0.05) is 38.1 Å². The molecule has 1 heterocycles. The molecule has 174 valence electrons. The summed E-state index contributed by atoms with van der Waals surface area (Å²) in [5.41, 5.74) is 3.86. The van der Waals surface area contributed by atoms with E-state index in [9.17, 15) is 0 Å². The van der Waals surface area contributed by atoms with E-state index in [1.165, 1.54) is 11.1 Å². The lowest BCUT2D eigenvalue weighted by atomic mass is 9.83. The minimum Gasteiger partial charge on any atom is -0.496 e. The minimum atomic E-state index is 0.122. The van der Waals surface area contributed by atoms with Crippen molar-refractivity contribution in [2.45, 2.75) is 38.5 Å². The molecule has 1 aliphatic rings. The number of nitrogens with zero attached hydrogens (tertiary/aromatic N) is 2. The SMILES string of the molecule is COc1cccc(OC(C)C)c1CN1CCN(C)C(C(c2ccccc2)c2ccccc2)C1. The Kier molecular flexibility index (Phi) is 7.69. The van der Waals surface area contributed by atoms with Gasteiger partial charge in [0.15, 0.2) is 0 Å². The molecule has 1 fully saturated rings. The van der Waals surface area contributed by atoms with Gasteiger partial charge in [-0.05, 0) is 44.2 Å².